The van der Waals surface area contributed by atoms with Crippen LogP contribution in [0.1, 0.15) is 24.0 Å². The molecule has 0 fully saturated rings. The second-order valence-corrected chi connectivity index (χ2v) is 5.49. The lowest BCUT2D eigenvalue weighted by Crippen LogP contribution is -2.18. The maximum Gasteiger partial charge on any atom is 0.108 e. The Morgan fingerprint density at radius 1 is 1.53 bits per heavy atom. The molecule has 0 amide bonds. The minimum atomic E-state index is 0.142. The van der Waals surface area contributed by atoms with E-state index in [1.165, 1.54) is 16.8 Å². The number of H-pyrrole nitrogens is 1. The lowest BCUT2D eigenvalue weighted by molar-refractivity contribution is 0.708. The Balaban J connectivity index is 2.04. The molecule has 17 heavy (non-hydrogen) atoms. The van der Waals surface area contributed by atoms with Crippen molar-refractivity contribution in [1.82, 2.24) is 9.97 Å². The first-order chi connectivity index (χ1) is 8.15. The zero-order valence-electron chi connectivity index (χ0n) is 9.63. The molecule has 4 heteroatoms. The van der Waals surface area contributed by atoms with Crippen molar-refractivity contribution in [2.45, 2.75) is 25.8 Å². The normalized spacial score (nSPS) is 14.5. The molecule has 0 radical (unpaired) electrons. The van der Waals surface area contributed by atoms with Crippen LogP contribution in [0.15, 0.2) is 22.7 Å². The Bertz CT molecular complexity index is 572. The number of nitrogens with zero attached hydrogens (tertiary/aromatic N) is 1. The molecule has 0 spiro atoms. The van der Waals surface area contributed by atoms with Crippen molar-refractivity contribution in [2.75, 3.05) is 0 Å². The van der Waals surface area contributed by atoms with E-state index >= 15 is 0 Å². The van der Waals surface area contributed by atoms with E-state index in [1.54, 1.807) is 0 Å². The smallest absolute Gasteiger partial charge is 0.108 e. The first-order valence-corrected chi connectivity index (χ1v) is 6.55. The Kier molecular flexibility index (Phi) is 2.56. The maximum atomic E-state index is 5.79. The summed E-state index contributed by atoms with van der Waals surface area (Å²) < 4.78 is 1.16. The largest absolute Gasteiger partial charge is 0.345 e. The third-order valence-electron chi connectivity index (χ3n) is 3.07. The molecule has 3 rings (SSSR count). The number of rotatable bonds is 2. The Morgan fingerprint density at radius 3 is 3.12 bits per heavy atom. The molecule has 0 saturated carbocycles. The van der Waals surface area contributed by atoms with Crippen LogP contribution in [0.3, 0.4) is 0 Å². The van der Waals surface area contributed by atoms with E-state index in [0.717, 1.165) is 28.8 Å². The first-order valence-electron chi connectivity index (χ1n) is 5.76. The van der Waals surface area contributed by atoms with Gasteiger partial charge in [0, 0.05) is 34.6 Å². The summed E-state index contributed by atoms with van der Waals surface area (Å²) >= 11 is 3.59. The second-order valence-electron chi connectivity index (χ2n) is 4.63. The average Bonchev–Trinajstić information content (AvgIpc) is 2.75. The van der Waals surface area contributed by atoms with Gasteiger partial charge in [0.2, 0.25) is 0 Å². The monoisotopic (exact) mass is 291 g/mol. The fourth-order valence-corrected chi connectivity index (χ4v) is 2.86. The molecule has 2 aromatic rings. The van der Waals surface area contributed by atoms with Gasteiger partial charge in [-0.15, -0.1) is 0 Å². The molecule has 0 saturated heterocycles. The number of nitrogens with one attached hydrogen (secondary N) is 1. The molecule has 0 aliphatic heterocycles. The van der Waals surface area contributed by atoms with Crippen molar-refractivity contribution in [3.05, 3.63) is 39.8 Å². The van der Waals surface area contributed by atoms with Gasteiger partial charge >= 0.3 is 0 Å². The number of hydrogen-bond acceptors (Lipinski definition) is 2. The van der Waals surface area contributed by atoms with Crippen molar-refractivity contribution < 1.29 is 0 Å². The molecular weight excluding hydrogens is 278 g/mol. The Morgan fingerprint density at radius 2 is 2.35 bits per heavy atom. The number of hydrogen-bond donors (Lipinski definition) is 2. The summed E-state index contributed by atoms with van der Waals surface area (Å²) in [5.74, 6) is 0.996. The van der Waals surface area contributed by atoms with Crippen molar-refractivity contribution >= 4 is 15.9 Å². The molecule has 1 heterocycles. The predicted molar refractivity (Wildman–Crippen MR) is 71.9 cm³/mol. The van der Waals surface area contributed by atoms with Crippen molar-refractivity contribution in [3.8, 4) is 11.3 Å². The van der Waals surface area contributed by atoms with E-state index in [2.05, 4.69) is 44.1 Å². The fraction of sp³-hybridized carbons (Fsp3) is 0.308. The molecule has 0 bridgehead atoms. The molecule has 1 aliphatic rings. The topological polar surface area (TPSA) is 54.7 Å². The van der Waals surface area contributed by atoms with Gasteiger partial charge < -0.3 is 10.7 Å². The maximum absolute atomic E-state index is 5.79. The number of halogens is 1. The highest BCUT2D eigenvalue weighted by atomic mass is 79.9. The summed E-state index contributed by atoms with van der Waals surface area (Å²) in [4.78, 5) is 8.04. The quantitative estimate of drug-likeness (QED) is 0.763. The number of aromatic amines is 1. The highest BCUT2D eigenvalue weighted by Gasteiger charge is 2.24. The van der Waals surface area contributed by atoms with E-state index in [9.17, 15) is 0 Å². The van der Waals surface area contributed by atoms with Crippen LogP contribution in [0.4, 0.5) is 0 Å². The number of benzene rings is 1. The van der Waals surface area contributed by atoms with Crippen LogP contribution < -0.4 is 5.73 Å². The van der Waals surface area contributed by atoms with E-state index < -0.39 is 0 Å². The van der Waals surface area contributed by atoms with Crippen LogP contribution in [0.2, 0.25) is 0 Å². The number of imidazole rings is 1. The van der Waals surface area contributed by atoms with Crippen LogP contribution in [0.25, 0.3) is 11.3 Å². The van der Waals surface area contributed by atoms with Gasteiger partial charge in [0.25, 0.3) is 0 Å². The highest BCUT2D eigenvalue weighted by Crippen LogP contribution is 2.38. The SMILES string of the molecule is CC(N)Cc1nc2c([nH]1)Cc1c(Br)cccc1-2. The van der Waals surface area contributed by atoms with E-state index in [4.69, 9.17) is 5.73 Å². The van der Waals surface area contributed by atoms with Gasteiger partial charge in [-0.2, -0.15) is 0 Å². The van der Waals surface area contributed by atoms with Gasteiger partial charge in [0.15, 0.2) is 0 Å². The number of aromatic nitrogens is 2. The van der Waals surface area contributed by atoms with Crippen LogP contribution in [-0.2, 0) is 12.8 Å². The summed E-state index contributed by atoms with van der Waals surface area (Å²) in [5.41, 5.74) is 10.7. The van der Waals surface area contributed by atoms with Crippen LogP contribution >= 0.6 is 15.9 Å². The van der Waals surface area contributed by atoms with Crippen molar-refractivity contribution in [3.63, 3.8) is 0 Å². The molecule has 3 N–H and O–H groups in total. The van der Waals surface area contributed by atoms with Gasteiger partial charge in [0.1, 0.15) is 5.82 Å². The number of fused-ring (bicyclic) bond motifs is 3. The second kappa shape index (κ2) is 3.96. The Labute approximate surface area is 109 Å². The molecule has 1 atom stereocenters. The third kappa shape index (κ3) is 1.81. The van der Waals surface area contributed by atoms with Crippen LogP contribution in [-0.4, -0.2) is 16.0 Å². The van der Waals surface area contributed by atoms with Gasteiger partial charge in [-0.3, -0.25) is 0 Å². The first kappa shape index (κ1) is 11.0. The zero-order chi connectivity index (χ0) is 12.0. The summed E-state index contributed by atoms with van der Waals surface area (Å²) in [6.45, 7) is 2.00. The highest BCUT2D eigenvalue weighted by molar-refractivity contribution is 9.10. The summed E-state index contributed by atoms with van der Waals surface area (Å²) in [6, 6.07) is 6.40. The predicted octanol–water partition coefficient (Wildman–Crippen LogP) is 2.63. The fourth-order valence-electron chi connectivity index (χ4n) is 2.35. The summed E-state index contributed by atoms with van der Waals surface area (Å²) in [5, 5.41) is 0. The lowest BCUT2D eigenvalue weighted by Gasteiger charge is -2.03. The molecule has 3 nitrogen and oxygen atoms in total. The summed E-state index contributed by atoms with van der Waals surface area (Å²) in [6.07, 6.45) is 1.73. The van der Waals surface area contributed by atoms with Gasteiger partial charge in [-0.25, -0.2) is 4.98 Å². The average molecular weight is 292 g/mol. The molecular formula is C13H14BrN3. The molecule has 88 valence electrons. The van der Waals surface area contributed by atoms with Gasteiger partial charge in [-0.1, -0.05) is 28.1 Å². The van der Waals surface area contributed by atoms with Crippen molar-refractivity contribution in [2.24, 2.45) is 5.73 Å². The zero-order valence-corrected chi connectivity index (χ0v) is 11.2. The minimum Gasteiger partial charge on any atom is -0.345 e. The lowest BCUT2D eigenvalue weighted by atomic mass is 10.1. The minimum absolute atomic E-state index is 0.142. The molecule has 1 aromatic heterocycles. The molecule has 1 aliphatic carbocycles. The van der Waals surface area contributed by atoms with E-state index in [0.29, 0.717) is 0 Å². The summed E-state index contributed by atoms with van der Waals surface area (Å²) in [7, 11) is 0. The number of nitrogens with two attached hydrogens (primary N) is 1. The van der Waals surface area contributed by atoms with E-state index in [1.807, 2.05) is 6.92 Å². The van der Waals surface area contributed by atoms with Crippen molar-refractivity contribution in [1.29, 1.82) is 0 Å². The van der Waals surface area contributed by atoms with E-state index in [-0.39, 0.29) is 6.04 Å². The standard InChI is InChI=1S/C13H14BrN3/c1-7(15)5-12-16-11-6-9-8(13(11)17-12)3-2-4-10(9)14/h2-4,7H,5-6,15H2,1H3,(H,16,17). The van der Waals surface area contributed by atoms with Crippen LogP contribution in [0.5, 0.6) is 0 Å². The Hall–Kier alpha value is -1.13. The molecule has 1 aromatic carbocycles. The van der Waals surface area contributed by atoms with Crippen LogP contribution in [0, 0.1) is 0 Å². The third-order valence-corrected chi connectivity index (χ3v) is 3.81. The van der Waals surface area contributed by atoms with Gasteiger partial charge in [0.05, 0.1) is 5.69 Å². The van der Waals surface area contributed by atoms with Gasteiger partial charge in [-0.05, 0) is 18.6 Å². The molecule has 1 unspecified atom stereocenters.